The van der Waals surface area contributed by atoms with Gasteiger partial charge in [0.05, 0.1) is 12.6 Å². The van der Waals surface area contributed by atoms with Gasteiger partial charge in [-0.15, -0.1) is 0 Å². The Kier molecular flexibility index (Phi) is 9.77. The molecule has 1 aromatic carbocycles. The Morgan fingerprint density at radius 3 is 2.48 bits per heavy atom. The zero-order valence-electron chi connectivity index (χ0n) is 16.4. The Morgan fingerprint density at radius 1 is 1.10 bits per heavy atom. The first-order valence-electron chi connectivity index (χ1n) is 9.48. The lowest BCUT2D eigenvalue weighted by atomic mass is 9.92. The van der Waals surface area contributed by atoms with Crippen molar-refractivity contribution in [1.82, 2.24) is 15.8 Å². The number of benzene rings is 1. The molecule has 2 atom stereocenters. The summed E-state index contributed by atoms with van der Waals surface area (Å²) in [4.78, 5) is 28.7. The van der Waals surface area contributed by atoms with Crippen LogP contribution >= 0.6 is 0 Å². The maximum Gasteiger partial charge on any atom is 0.251 e. The molecule has 0 bridgehead atoms. The maximum atomic E-state index is 12.5. The van der Waals surface area contributed by atoms with Crippen molar-refractivity contribution in [3.8, 4) is 0 Å². The van der Waals surface area contributed by atoms with Crippen molar-refractivity contribution in [3.05, 3.63) is 66.0 Å². The van der Waals surface area contributed by atoms with Gasteiger partial charge in [-0.3, -0.25) is 19.8 Å². The maximum absolute atomic E-state index is 12.5. The number of nitrogens with zero attached hydrogens (tertiary/aromatic N) is 1. The highest BCUT2D eigenvalue weighted by molar-refractivity contribution is 5.94. The molecule has 0 spiro atoms. The average molecular weight is 401 g/mol. The third-order valence-electron chi connectivity index (χ3n) is 4.34. The van der Waals surface area contributed by atoms with Gasteiger partial charge in [-0.2, -0.15) is 0 Å². The zero-order chi connectivity index (χ0) is 20.9. The molecule has 0 unspecified atom stereocenters. The van der Waals surface area contributed by atoms with E-state index in [2.05, 4.69) is 10.3 Å². The fourth-order valence-electron chi connectivity index (χ4n) is 2.89. The second kappa shape index (κ2) is 12.6. The number of pyridine rings is 1. The summed E-state index contributed by atoms with van der Waals surface area (Å²) in [5.41, 5.74) is 3.14. The van der Waals surface area contributed by atoms with Gasteiger partial charge in [-0.25, -0.2) is 5.48 Å². The number of hydrogen-bond donors (Lipinski definition) is 3. The number of carbonyl (C=O) groups is 2. The third kappa shape index (κ3) is 7.98. The molecule has 0 aliphatic rings. The van der Waals surface area contributed by atoms with E-state index in [0.29, 0.717) is 18.6 Å². The summed E-state index contributed by atoms with van der Waals surface area (Å²) in [7, 11) is 0. The zero-order valence-corrected chi connectivity index (χ0v) is 16.4. The van der Waals surface area contributed by atoms with Crippen molar-refractivity contribution in [3.63, 3.8) is 0 Å². The minimum Gasteiger partial charge on any atom is -0.356 e. The Bertz CT molecular complexity index is 742. The van der Waals surface area contributed by atoms with Gasteiger partial charge in [0.2, 0.25) is 5.91 Å². The van der Waals surface area contributed by atoms with Gasteiger partial charge in [-0.05, 0) is 37.5 Å². The van der Waals surface area contributed by atoms with Crippen molar-refractivity contribution >= 4 is 11.8 Å². The fraction of sp³-hybridized carbons (Fsp3) is 0.381. The van der Waals surface area contributed by atoms with E-state index < -0.39 is 17.9 Å². The summed E-state index contributed by atoms with van der Waals surface area (Å²) in [6.45, 7) is 2.62. The van der Waals surface area contributed by atoms with E-state index in [-0.39, 0.29) is 25.7 Å². The highest BCUT2D eigenvalue weighted by Crippen LogP contribution is 2.16. The molecule has 2 rings (SSSR count). The fourth-order valence-corrected chi connectivity index (χ4v) is 2.89. The summed E-state index contributed by atoms with van der Waals surface area (Å²) in [5.74, 6) is -1.36. The van der Waals surface area contributed by atoms with Crippen LogP contribution < -0.4 is 10.8 Å². The van der Waals surface area contributed by atoms with E-state index in [9.17, 15) is 9.59 Å². The van der Waals surface area contributed by atoms with Crippen LogP contribution in [0.4, 0.5) is 0 Å². The molecule has 156 valence electrons. The molecule has 8 nitrogen and oxygen atoms in total. The van der Waals surface area contributed by atoms with E-state index in [1.807, 2.05) is 37.3 Å². The number of hydroxylamine groups is 1. The lowest BCUT2D eigenvalue weighted by Crippen LogP contribution is -2.42. The van der Waals surface area contributed by atoms with Crippen LogP contribution in [0, 0.1) is 5.92 Å². The molecule has 1 aromatic heterocycles. The SMILES string of the molecule is CCOCOC[C@H](C[C@H](Cc1ccccc1)C(=O)NO)NC(=O)c1ccncc1. The standard InChI is InChI=1S/C21H27N3O5/c1-2-28-15-29-14-19(23-20(25)17-8-10-22-11-9-17)13-18(21(26)24-27)12-16-6-4-3-5-7-16/h3-11,18-19,27H,2,12-15H2,1H3,(H,23,25)(H,24,26)/t18-,19-/m0/s1. The quantitative estimate of drug-likeness (QED) is 0.217. The molecule has 2 amide bonds. The van der Waals surface area contributed by atoms with Gasteiger partial charge >= 0.3 is 0 Å². The average Bonchev–Trinajstić information content (AvgIpc) is 2.76. The van der Waals surface area contributed by atoms with Crippen LogP contribution in [0.3, 0.4) is 0 Å². The van der Waals surface area contributed by atoms with E-state index in [0.717, 1.165) is 5.56 Å². The number of ether oxygens (including phenoxy) is 2. The Labute approximate surface area is 170 Å². The third-order valence-corrected chi connectivity index (χ3v) is 4.34. The van der Waals surface area contributed by atoms with Crippen molar-refractivity contribution in [2.45, 2.75) is 25.8 Å². The van der Waals surface area contributed by atoms with Gasteiger partial charge in [0.25, 0.3) is 5.91 Å². The molecular formula is C21H27N3O5. The number of aromatic nitrogens is 1. The summed E-state index contributed by atoms with van der Waals surface area (Å²) in [6, 6.07) is 12.2. The summed E-state index contributed by atoms with van der Waals surface area (Å²) < 4.78 is 10.7. The monoisotopic (exact) mass is 401 g/mol. The van der Waals surface area contributed by atoms with Crippen LogP contribution in [-0.2, 0) is 20.7 Å². The van der Waals surface area contributed by atoms with Gasteiger partial charge < -0.3 is 14.8 Å². The molecule has 0 saturated carbocycles. The van der Waals surface area contributed by atoms with Gasteiger partial charge in [-0.1, -0.05) is 30.3 Å². The summed E-state index contributed by atoms with van der Waals surface area (Å²) >= 11 is 0. The Hall–Kier alpha value is -2.81. The Balaban J connectivity index is 2.08. The van der Waals surface area contributed by atoms with Gasteiger partial charge in [0.15, 0.2) is 0 Å². The largest absolute Gasteiger partial charge is 0.356 e. The normalized spacial score (nSPS) is 12.8. The number of rotatable bonds is 12. The molecule has 8 heteroatoms. The first-order chi connectivity index (χ1) is 14.1. The molecule has 1 heterocycles. The number of nitrogens with one attached hydrogen (secondary N) is 2. The topological polar surface area (TPSA) is 110 Å². The van der Waals surface area contributed by atoms with Crippen LogP contribution in [0.2, 0.25) is 0 Å². The molecule has 0 aliphatic carbocycles. The lowest BCUT2D eigenvalue weighted by Gasteiger charge is -2.23. The second-order valence-corrected chi connectivity index (χ2v) is 6.49. The molecule has 0 saturated heterocycles. The van der Waals surface area contributed by atoms with E-state index in [1.54, 1.807) is 17.6 Å². The summed E-state index contributed by atoms with van der Waals surface area (Å²) in [6.07, 6.45) is 3.77. The highest BCUT2D eigenvalue weighted by atomic mass is 16.7. The second-order valence-electron chi connectivity index (χ2n) is 6.49. The predicted octanol–water partition coefficient (Wildman–Crippen LogP) is 1.94. The first kappa shape index (κ1) is 22.5. The van der Waals surface area contributed by atoms with Crippen LogP contribution in [0.1, 0.15) is 29.3 Å². The minimum atomic E-state index is -0.555. The Morgan fingerprint density at radius 2 is 1.83 bits per heavy atom. The van der Waals surface area contributed by atoms with Crippen molar-refractivity contribution < 1.29 is 24.3 Å². The molecular weight excluding hydrogens is 374 g/mol. The molecule has 0 aliphatic heterocycles. The molecule has 0 fully saturated rings. The van der Waals surface area contributed by atoms with Crippen LogP contribution in [0.25, 0.3) is 0 Å². The van der Waals surface area contributed by atoms with E-state index >= 15 is 0 Å². The summed E-state index contributed by atoms with van der Waals surface area (Å²) in [5, 5.41) is 12.1. The van der Waals surface area contributed by atoms with Gasteiger partial charge in [0.1, 0.15) is 6.79 Å². The van der Waals surface area contributed by atoms with Gasteiger partial charge in [0, 0.05) is 30.5 Å². The van der Waals surface area contributed by atoms with Crippen molar-refractivity contribution in [1.29, 1.82) is 0 Å². The molecule has 29 heavy (non-hydrogen) atoms. The van der Waals surface area contributed by atoms with Crippen LogP contribution in [-0.4, -0.2) is 48.1 Å². The number of carbonyl (C=O) groups excluding carboxylic acids is 2. The lowest BCUT2D eigenvalue weighted by molar-refractivity contribution is -0.134. The molecule has 3 N–H and O–H groups in total. The molecule has 2 aromatic rings. The van der Waals surface area contributed by atoms with Crippen molar-refractivity contribution in [2.24, 2.45) is 5.92 Å². The first-order valence-corrected chi connectivity index (χ1v) is 9.48. The van der Waals surface area contributed by atoms with Crippen LogP contribution in [0.15, 0.2) is 54.9 Å². The minimum absolute atomic E-state index is 0.0909. The van der Waals surface area contributed by atoms with E-state index in [4.69, 9.17) is 14.7 Å². The predicted molar refractivity (Wildman–Crippen MR) is 106 cm³/mol. The van der Waals surface area contributed by atoms with E-state index in [1.165, 1.54) is 12.4 Å². The number of amides is 2. The molecule has 0 radical (unpaired) electrons. The number of hydrogen-bond acceptors (Lipinski definition) is 6. The van der Waals surface area contributed by atoms with Crippen LogP contribution in [0.5, 0.6) is 0 Å². The highest BCUT2D eigenvalue weighted by Gasteiger charge is 2.25. The van der Waals surface area contributed by atoms with Crippen molar-refractivity contribution in [2.75, 3.05) is 20.0 Å². The smallest absolute Gasteiger partial charge is 0.251 e.